The molecule has 30 heavy (non-hydrogen) atoms. The minimum Gasteiger partial charge on any atom is -0.353 e. The molecule has 0 aliphatic rings. The molecule has 0 spiro atoms. The highest BCUT2D eigenvalue weighted by molar-refractivity contribution is 7.99. The average molecular weight is 424 g/mol. The van der Waals surface area contributed by atoms with Gasteiger partial charge in [0, 0.05) is 29.7 Å². The Morgan fingerprint density at radius 1 is 1.03 bits per heavy atom. The third kappa shape index (κ3) is 6.16. The normalized spacial score (nSPS) is 12.1. The van der Waals surface area contributed by atoms with Gasteiger partial charge in [-0.1, -0.05) is 56.7 Å². The summed E-state index contributed by atoms with van der Waals surface area (Å²) in [6, 6.07) is 13.9. The summed E-state index contributed by atoms with van der Waals surface area (Å²) < 4.78 is 1.99. The van der Waals surface area contributed by atoms with E-state index in [2.05, 4.69) is 41.3 Å². The van der Waals surface area contributed by atoms with Crippen LogP contribution in [0.25, 0.3) is 17.1 Å². The van der Waals surface area contributed by atoms with Gasteiger partial charge in [0.15, 0.2) is 11.0 Å². The van der Waals surface area contributed by atoms with Crippen LogP contribution in [0.3, 0.4) is 0 Å². The Morgan fingerprint density at radius 3 is 2.47 bits per heavy atom. The number of amides is 1. The maximum absolute atomic E-state index is 12.5. The van der Waals surface area contributed by atoms with Gasteiger partial charge in [-0.2, -0.15) is 0 Å². The van der Waals surface area contributed by atoms with E-state index >= 15 is 0 Å². The Kier molecular flexibility index (Phi) is 8.02. The average Bonchev–Trinajstić information content (AvgIpc) is 3.17. The number of nitrogens with zero attached hydrogens (tertiary/aromatic N) is 4. The van der Waals surface area contributed by atoms with Crippen LogP contribution in [0.2, 0.25) is 0 Å². The van der Waals surface area contributed by atoms with Crippen molar-refractivity contribution in [1.82, 2.24) is 25.1 Å². The van der Waals surface area contributed by atoms with E-state index in [1.807, 2.05) is 47.0 Å². The molecule has 6 nitrogen and oxygen atoms in total. The number of para-hydroxylation sites is 1. The van der Waals surface area contributed by atoms with Gasteiger partial charge in [0.25, 0.3) is 0 Å². The van der Waals surface area contributed by atoms with Crippen LogP contribution in [-0.4, -0.2) is 37.5 Å². The predicted molar refractivity (Wildman–Crippen MR) is 122 cm³/mol. The molecule has 2 heterocycles. The zero-order valence-corrected chi connectivity index (χ0v) is 18.6. The number of aromatic nitrogens is 4. The third-order valence-electron chi connectivity index (χ3n) is 4.74. The largest absolute Gasteiger partial charge is 0.353 e. The first-order valence-electron chi connectivity index (χ1n) is 10.4. The predicted octanol–water partition coefficient (Wildman–Crippen LogP) is 4.75. The number of carbonyl (C=O) groups excluding carboxylic acids is 1. The van der Waals surface area contributed by atoms with Crippen molar-refractivity contribution < 1.29 is 4.79 Å². The van der Waals surface area contributed by atoms with Gasteiger partial charge < -0.3 is 5.32 Å². The molecule has 0 bridgehead atoms. The van der Waals surface area contributed by atoms with Crippen molar-refractivity contribution >= 4 is 17.7 Å². The summed E-state index contributed by atoms with van der Waals surface area (Å²) in [4.78, 5) is 16.5. The summed E-state index contributed by atoms with van der Waals surface area (Å²) in [5, 5.41) is 12.5. The van der Waals surface area contributed by atoms with E-state index in [1.54, 1.807) is 12.4 Å². The van der Waals surface area contributed by atoms with E-state index in [0.717, 1.165) is 29.9 Å². The van der Waals surface area contributed by atoms with Crippen molar-refractivity contribution in [1.29, 1.82) is 0 Å². The highest BCUT2D eigenvalue weighted by atomic mass is 32.2. The quantitative estimate of drug-likeness (QED) is 0.476. The van der Waals surface area contributed by atoms with Crippen LogP contribution in [0.1, 0.15) is 40.0 Å². The number of rotatable bonds is 10. The second kappa shape index (κ2) is 10.9. The van der Waals surface area contributed by atoms with Crippen LogP contribution >= 0.6 is 11.8 Å². The zero-order valence-electron chi connectivity index (χ0n) is 17.8. The Bertz CT molecular complexity index is 927. The number of hydrogen-bond donors (Lipinski definition) is 1. The minimum atomic E-state index is 0.0186. The molecule has 7 heteroatoms. The van der Waals surface area contributed by atoms with E-state index in [9.17, 15) is 4.79 Å². The zero-order chi connectivity index (χ0) is 21.3. The second-order valence-corrected chi connectivity index (χ2v) is 8.74. The molecule has 0 aliphatic carbocycles. The number of thioether (sulfide) groups is 1. The topological polar surface area (TPSA) is 72.7 Å². The summed E-state index contributed by atoms with van der Waals surface area (Å²) in [6.45, 7) is 6.52. The molecule has 3 aromatic rings. The smallest absolute Gasteiger partial charge is 0.230 e. The lowest BCUT2D eigenvalue weighted by atomic mass is 10.0. The van der Waals surface area contributed by atoms with Crippen molar-refractivity contribution in [3.63, 3.8) is 0 Å². The number of benzene rings is 1. The van der Waals surface area contributed by atoms with Crippen LogP contribution in [0.4, 0.5) is 0 Å². The van der Waals surface area contributed by atoms with E-state index < -0.39 is 0 Å². The minimum absolute atomic E-state index is 0.0186. The Labute approximate surface area is 182 Å². The molecule has 158 valence electrons. The molecule has 0 saturated carbocycles. The first-order valence-corrected chi connectivity index (χ1v) is 11.4. The summed E-state index contributed by atoms with van der Waals surface area (Å²) in [6.07, 6.45) is 6.79. The lowest BCUT2D eigenvalue weighted by molar-refractivity contribution is -0.119. The molecule has 1 amide bonds. The number of carbonyl (C=O) groups is 1. The maximum atomic E-state index is 12.5. The molecule has 0 fully saturated rings. The van der Waals surface area contributed by atoms with Gasteiger partial charge in [-0.15, -0.1) is 10.2 Å². The Balaban J connectivity index is 1.69. The van der Waals surface area contributed by atoms with Crippen LogP contribution in [0.5, 0.6) is 0 Å². The van der Waals surface area contributed by atoms with Gasteiger partial charge in [0.1, 0.15) is 0 Å². The van der Waals surface area contributed by atoms with E-state index in [1.165, 1.54) is 18.2 Å². The highest BCUT2D eigenvalue weighted by Gasteiger charge is 2.17. The first-order chi connectivity index (χ1) is 14.5. The van der Waals surface area contributed by atoms with Crippen molar-refractivity contribution in [3.05, 3.63) is 54.9 Å². The van der Waals surface area contributed by atoms with Gasteiger partial charge >= 0.3 is 0 Å². The van der Waals surface area contributed by atoms with Gasteiger partial charge in [0.2, 0.25) is 5.91 Å². The molecular weight excluding hydrogens is 394 g/mol. The van der Waals surface area contributed by atoms with Crippen LogP contribution in [0, 0.1) is 5.92 Å². The summed E-state index contributed by atoms with van der Waals surface area (Å²) in [7, 11) is 0. The van der Waals surface area contributed by atoms with Gasteiger partial charge in [-0.3, -0.25) is 14.3 Å². The van der Waals surface area contributed by atoms with Gasteiger partial charge in [-0.05, 0) is 43.5 Å². The van der Waals surface area contributed by atoms with Crippen molar-refractivity contribution in [3.8, 4) is 17.1 Å². The standard InChI is InChI=1S/C23H29N5OS/c1-17(2)8-7-9-18(3)25-21(29)16-30-23-27-26-22(19-12-14-24-15-13-19)28(23)20-10-5-4-6-11-20/h4-6,10-15,17-18H,7-9,16H2,1-3H3,(H,25,29)/t18-/m1/s1. The molecule has 2 aromatic heterocycles. The van der Waals surface area contributed by atoms with Crippen molar-refractivity contribution in [2.75, 3.05) is 5.75 Å². The molecular formula is C23H29N5OS. The molecule has 0 radical (unpaired) electrons. The summed E-state index contributed by atoms with van der Waals surface area (Å²) in [5.41, 5.74) is 1.88. The lowest BCUT2D eigenvalue weighted by Crippen LogP contribution is -2.33. The SMILES string of the molecule is CC(C)CCC[C@@H](C)NC(=O)CSc1nnc(-c2ccncc2)n1-c1ccccc1. The summed E-state index contributed by atoms with van der Waals surface area (Å²) >= 11 is 1.40. The molecule has 1 N–H and O–H groups in total. The molecule has 0 unspecified atom stereocenters. The third-order valence-corrected chi connectivity index (χ3v) is 5.67. The fraction of sp³-hybridized carbons (Fsp3) is 0.391. The van der Waals surface area contributed by atoms with Crippen LogP contribution in [0.15, 0.2) is 60.0 Å². The van der Waals surface area contributed by atoms with Gasteiger partial charge in [0.05, 0.1) is 5.75 Å². The van der Waals surface area contributed by atoms with E-state index in [-0.39, 0.29) is 11.9 Å². The Morgan fingerprint density at radius 2 is 1.77 bits per heavy atom. The second-order valence-electron chi connectivity index (χ2n) is 7.80. The molecule has 1 atom stereocenters. The Hall–Kier alpha value is -2.67. The number of pyridine rings is 1. The maximum Gasteiger partial charge on any atom is 0.230 e. The van der Waals surface area contributed by atoms with Crippen molar-refractivity contribution in [2.45, 2.75) is 51.2 Å². The molecule has 0 aliphatic heterocycles. The van der Waals surface area contributed by atoms with Crippen LogP contribution < -0.4 is 5.32 Å². The highest BCUT2D eigenvalue weighted by Crippen LogP contribution is 2.27. The summed E-state index contributed by atoms with van der Waals surface area (Å²) in [5.74, 6) is 1.75. The lowest BCUT2D eigenvalue weighted by Gasteiger charge is -2.14. The van der Waals surface area contributed by atoms with Gasteiger partial charge in [-0.25, -0.2) is 0 Å². The van der Waals surface area contributed by atoms with Crippen molar-refractivity contribution in [2.24, 2.45) is 5.92 Å². The molecule has 1 aromatic carbocycles. The number of nitrogens with one attached hydrogen (secondary N) is 1. The fourth-order valence-corrected chi connectivity index (χ4v) is 3.98. The number of hydrogen-bond acceptors (Lipinski definition) is 5. The first kappa shape index (κ1) is 22.0. The molecule has 3 rings (SSSR count). The van der Waals surface area contributed by atoms with E-state index in [4.69, 9.17) is 0 Å². The molecule has 0 saturated heterocycles. The van der Waals surface area contributed by atoms with Crippen LogP contribution in [-0.2, 0) is 4.79 Å². The fourth-order valence-electron chi connectivity index (χ4n) is 3.21. The van der Waals surface area contributed by atoms with E-state index in [0.29, 0.717) is 16.8 Å². The monoisotopic (exact) mass is 423 g/mol.